The highest BCUT2D eigenvalue weighted by Crippen LogP contribution is 2.18. The van der Waals surface area contributed by atoms with E-state index in [0.29, 0.717) is 44.6 Å². The van der Waals surface area contributed by atoms with E-state index < -0.39 is 48.0 Å². The molecule has 0 aromatic carbocycles. The smallest absolute Gasteiger partial charge is 0.318 e. The lowest BCUT2D eigenvalue weighted by atomic mass is 9.91. The summed E-state index contributed by atoms with van der Waals surface area (Å²) in [5, 5.41) is 25.8. The number of aliphatic hydroxyl groups excluding tert-OH is 1. The number of amides is 6. The first-order valence-electron chi connectivity index (χ1n) is 17.4. The molecular weight excluding hydrogens is 620 g/mol. The lowest BCUT2D eigenvalue weighted by Gasteiger charge is -2.37. The fraction of sp³-hybridized carbons (Fsp3) is 0.853. The number of rotatable bonds is 21. The molecule has 6 amide bonds. The predicted octanol–water partition coefficient (Wildman–Crippen LogP) is 2.89. The molecule has 0 unspecified atom stereocenters. The summed E-state index contributed by atoms with van der Waals surface area (Å²) >= 11 is 1.55. The average Bonchev–Trinajstić information content (AvgIpc) is 2.97. The third-order valence-electron chi connectivity index (χ3n) is 8.18. The highest BCUT2D eigenvalue weighted by Gasteiger charge is 2.36. The van der Waals surface area contributed by atoms with Gasteiger partial charge in [0.2, 0.25) is 23.6 Å². The van der Waals surface area contributed by atoms with Gasteiger partial charge in [-0.05, 0) is 67.8 Å². The van der Waals surface area contributed by atoms with Crippen LogP contribution in [-0.2, 0) is 19.2 Å². The maximum absolute atomic E-state index is 13.7. The van der Waals surface area contributed by atoms with Gasteiger partial charge in [0.05, 0.1) is 12.1 Å². The van der Waals surface area contributed by atoms with Crippen LogP contribution in [0.1, 0.15) is 94.4 Å². The Kier molecular flexibility index (Phi) is 19.4. The molecule has 272 valence electrons. The van der Waals surface area contributed by atoms with Crippen molar-refractivity contribution in [2.75, 3.05) is 31.6 Å². The molecule has 0 radical (unpaired) electrons. The summed E-state index contributed by atoms with van der Waals surface area (Å²) in [6, 6.07) is -3.24. The molecule has 1 heterocycles. The van der Waals surface area contributed by atoms with Gasteiger partial charge in [0.15, 0.2) is 0 Å². The molecule has 1 aliphatic heterocycles. The summed E-state index contributed by atoms with van der Waals surface area (Å²) in [5.74, 6) is -0.967. The maximum Gasteiger partial charge on any atom is 0.318 e. The Hall–Kier alpha value is -2.54. The van der Waals surface area contributed by atoms with Crippen LogP contribution in [0.2, 0.25) is 0 Å². The third-order valence-corrected chi connectivity index (χ3v) is 8.82. The molecule has 0 bridgehead atoms. The van der Waals surface area contributed by atoms with E-state index in [1.165, 1.54) is 4.90 Å². The number of thioether (sulfide) groups is 1. The normalized spacial score (nSPS) is 17.5. The Balaban J connectivity index is 3.05. The molecule has 1 fully saturated rings. The van der Waals surface area contributed by atoms with Crippen LogP contribution < -0.4 is 26.6 Å². The Morgan fingerprint density at radius 1 is 0.809 bits per heavy atom. The van der Waals surface area contributed by atoms with Crippen molar-refractivity contribution in [3.05, 3.63) is 0 Å². The molecule has 6 atom stereocenters. The van der Waals surface area contributed by atoms with E-state index in [9.17, 15) is 29.1 Å². The third kappa shape index (κ3) is 15.5. The minimum Gasteiger partial charge on any atom is -0.391 e. The maximum atomic E-state index is 13.7. The zero-order valence-corrected chi connectivity index (χ0v) is 31.3. The summed E-state index contributed by atoms with van der Waals surface area (Å²) in [4.78, 5) is 67.4. The summed E-state index contributed by atoms with van der Waals surface area (Å²) in [6.45, 7) is 18.9. The van der Waals surface area contributed by atoms with Gasteiger partial charge in [-0.15, -0.1) is 0 Å². The molecule has 1 rings (SSSR count). The van der Waals surface area contributed by atoms with Crippen molar-refractivity contribution in [1.29, 1.82) is 0 Å². The molecule has 0 aliphatic carbocycles. The van der Waals surface area contributed by atoms with Gasteiger partial charge in [0.25, 0.3) is 0 Å². The van der Waals surface area contributed by atoms with E-state index in [1.54, 1.807) is 18.7 Å². The number of hydrogen-bond acceptors (Lipinski definition) is 7. The molecule has 0 aromatic heterocycles. The molecular formula is C34H64N6O6S. The fourth-order valence-corrected chi connectivity index (χ4v) is 6.13. The fourth-order valence-electron chi connectivity index (χ4n) is 5.66. The molecule has 1 aliphatic rings. The Bertz CT molecular complexity index is 1010. The number of carbonyl (C=O) groups excluding carboxylic acids is 5. The number of urea groups is 1. The summed E-state index contributed by atoms with van der Waals surface area (Å²) in [6.07, 6.45) is 3.00. The molecule has 6 N–H and O–H groups in total. The van der Waals surface area contributed by atoms with Crippen LogP contribution >= 0.6 is 11.8 Å². The summed E-state index contributed by atoms with van der Waals surface area (Å²) in [7, 11) is 0. The first kappa shape index (κ1) is 42.5. The minimum absolute atomic E-state index is 0.0762. The van der Waals surface area contributed by atoms with Crippen LogP contribution in [0.25, 0.3) is 0 Å². The van der Waals surface area contributed by atoms with Crippen molar-refractivity contribution in [1.82, 2.24) is 31.5 Å². The second kappa shape index (κ2) is 21.4. The first-order valence-corrected chi connectivity index (χ1v) is 18.8. The molecule has 13 heteroatoms. The van der Waals surface area contributed by atoms with Crippen LogP contribution in [0.4, 0.5) is 4.79 Å². The second-order valence-electron chi connectivity index (χ2n) is 14.6. The van der Waals surface area contributed by atoms with Crippen molar-refractivity contribution < 1.29 is 29.1 Å². The monoisotopic (exact) mass is 684 g/mol. The van der Waals surface area contributed by atoms with Crippen LogP contribution in [-0.4, -0.2) is 102 Å². The van der Waals surface area contributed by atoms with Crippen molar-refractivity contribution >= 4 is 41.4 Å². The molecule has 47 heavy (non-hydrogen) atoms. The van der Waals surface area contributed by atoms with Crippen LogP contribution in [0.3, 0.4) is 0 Å². The number of carbonyl (C=O) groups is 5. The minimum atomic E-state index is -1.04. The zero-order chi connectivity index (χ0) is 35.8. The van der Waals surface area contributed by atoms with Crippen molar-refractivity contribution in [3.63, 3.8) is 0 Å². The van der Waals surface area contributed by atoms with Gasteiger partial charge >= 0.3 is 6.03 Å². The van der Waals surface area contributed by atoms with Crippen molar-refractivity contribution in [3.8, 4) is 0 Å². The van der Waals surface area contributed by atoms with E-state index in [4.69, 9.17) is 0 Å². The number of nitrogens with one attached hydrogen (secondary N) is 5. The van der Waals surface area contributed by atoms with E-state index in [1.807, 2.05) is 61.6 Å². The molecule has 0 saturated carbocycles. The number of nitrogens with zero attached hydrogens (tertiary/aromatic N) is 1. The standard InChI is InChI=1S/C34H64N6O6S/c1-20(2)16-26(28(41)18-24(9)30(42)39-27(17-21(3)4)31(43)36-19-22(5)6)38-32(44)25(12-15-47-10)37-33(45)29(23(7)8)40-14-11-13-35-34(40)46/h20-29,41H,11-19H2,1-10H3,(H,35,46)(H,36,43)(H,37,45)(H,38,44)(H,39,42)/t24-,25+,26+,27+,28+,29+/m1/s1. The van der Waals surface area contributed by atoms with Crippen LogP contribution in [0.5, 0.6) is 0 Å². The highest BCUT2D eigenvalue weighted by molar-refractivity contribution is 7.98. The van der Waals surface area contributed by atoms with Gasteiger partial charge in [-0.25, -0.2) is 4.79 Å². The summed E-state index contributed by atoms with van der Waals surface area (Å²) < 4.78 is 0. The van der Waals surface area contributed by atoms with Gasteiger partial charge in [-0.3, -0.25) is 19.2 Å². The largest absolute Gasteiger partial charge is 0.391 e. The van der Waals surface area contributed by atoms with E-state index in [2.05, 4.69) is 26.6 Å². The lowest BCUT2D eigenvalue weighted by Crippen LogP contribution is -2.61. The lowest BCUT2D eigenvalue weighted by molar-refractivity contribution is -0.133. The van der Waals surface area contributed by atoms with Gasteiger partial charge in [-0.2, -0.15) is 11.8 Å². The summed E-state index contributed by atoms with van der Waals surface area (Å²) in [5.41, 5.74) is 0. The Morgan fingerprint density at radius 2 is 1.43 bits per heavy atom. The Labute approximate surface area is 287 Å². The van der Waals surface area contributed by atoms with Gasteiger partial charge < -0.3 is 36.6 Å². The predicted molar refractivity (Wildman–Crippen MR) is 189 cm³/mol. The Morgan fingerprint density at radius 3 is 1.96 bits per heavy atom. The quantitative estimate of drug-likeness (QED) is 0.108. The van der Waals surface area contributed by atoms with Crippen LogP contribution in [0, 0.1) is 29.6 Å². The van der Waals surface area contributed by atoms with E-state index in [0.717, 1.165) is 6.42 Å². The van der Waals surface area contributed by atoms with Crippen molar-refractivity contribution in [2.45, 2.75) is 125 Å². The number of aliphatic hydroxyl groups is 1. The first-order chi connectivity index (χ1) is 22.0. The molecule has 0 aromatic rings. The van der Waals surface area contributed by atoms with E-state index >= 15 is 0 Å². The SMILES string of the molecule is CSCC[C@H](NC(=O)[C@H](C(C)C)N1CCCNC1=O)C(=O)N[C@@H](CC(C)C)[C@@H](O)C[C@@H](C)C(=O)N[C@@H](CC(C)C)C(=O)NCC(C)C. The van der Waals surface area contributed by atoms with Gasteiger partial charge in [-0.1, -0.05) is 62.3 Å². The van der Waals surface area contributed by atoms with Gasteiger partial charge in [0, 0.05) is 25.6 Å². The molecule has 0 spiro atoms. The van der Waals surface area contributed by atoms with Crippen molar-refractivity contribution in [2.24, 2.45) is 29.6 Å². The van der Waals surface area contributed by atoms with E-state index in [-0.39, 0.29) is 47.9 Å². The second-order valence-corrected chi connectivity index (χ2v) is 15.6. The topological polar surface area (TPSA) is 169 Å². The zero-order valence-electron chi connectivity index (χ0n) is 30.5. The highest BCUT2D eigenvalue weighted by atomic mass is 32.2. The average molecular weight is 685 g/mol. The van der Waals surface area contributed by atoms with Crippen LogP contribution in [0.15, 0.2) is 0 Å². The molecule has 1 saturated heterocycles. The molecule has 12 nitrogen and oxygen atoms in total. The van der Waals surface area contributed by atoms with Gasteiger partial charge in [0.1, 0.15) is 18.1 Å². The number of hydrogen-bond donors (Lipinski definition) is 6.